The van der Waals surface area contributed by atoms with Gasteiger partial charge in [0.2, 0.25) is 0 Å². The van der Waals surface area contributed by atoms with Crippen molar-refractivity contribution in [1.82, 2.24) is 0 Å². The summed E-state index contributed by atoms with van der Waals surface area (Å²) < 4.78 is 6.05. The van der Waals surface area contributed by atoms with E-state index < -0.39 is 0 Å². The van der Waals surface area contributed by atoms with Crippen molar-refractivity contribution in [1.29, 1.82) is 0 Å². The quantitative estimate of drug-likeness (QED) is 0.187. The fraction of sp³-hybridized carbons (Fsp3) is 0.526. The van der Waals surface area contributed by atoms with E-state index >= 15 is 0 Å². The van der Waals surface area contributed by atoms with Crippen LogP contribution in [0.1, 0.15) is 116 Å². The Kier molecular flexibility index (Phi) is 9.42. The van der Waals surface area contributed by atoms with Crippen molar-refractivity contribution in [2.75, 3.05) is 33.1 Å². The van der Waals surface area contributed by atoms with Crippen LogP contribution in [0.3, 0.4) is 0 Å². The van der Waals surface area contributed by atoms with E-state index in [9.17, 15) is 0 Å². The normalized spacial score (nSPS) is 19.5. The first-order chi connectivity index (χ1) is 20.8. The molecule has 44 heavy (non-hydrogen) atoms. The number of rotatable bonds is 11. The van der Waals surface area contributed by atoms with Crippen molar-refractivity contribution in [2.24, 2.45) is 0 Å². The number of nitrogens with zero attached hydrogens (tertiary/aromatic N) is 1. The average molecular weight is 615 g/mol. The van der Waals surface area contributed by atoms with E-state index in [1.54, 1.807) is 6.26 Å². The van der Waals surface area contributed by atoms with Gasteiger partial charge in [0.25, 0.3) is 0 Å². The lowest BCUT2D eigenvalue weighted by Crippen LogP contribution is -2.42. The second-order valence-electron chi connectivity index (χ2n) is 14.1. The van der Waals surface area contributed by atoms with Crippen molar-refractivity contribution in [3.8, 4) is 0 Å². The Labute approximate surface area is 270 Å². The third kappa shape index (κ3) is 6.80. The average Bonchev–Trinajstić information content (AvgIpc) is 3.50. The van der Waals surface area contributed by atoms with Gasteiger partial charge in [-0.25, -0.2) is 0 Å². The minimum Gasteiger partial charge on any atom is -0.467 e. The number of benzene rings is 2. The Balaban J connectivity index is 1.64. The first kappa shape index (κ1) is 32.4. The molecule has 0 spiro atoms. The van der Waals surface area contributed by atoms with Crippen LogP contribution in [-0.2, 0) is 6.42 Å². The van der Waals surface area contributed by atoms with Crippen LogP contribution in [0.5, 0.6) is 0 Å². The largest absolute Gasteiger partial charge is 0.467 e. The van der Waals surface area contributed by atoms with Crippen LogP contribution in [-0.4, -0.2) is 29.4 Å². The van der Waals surface area contributed by atoms with E-state index in [1.165, 1.54) is 49.9 Å². The highest BCUT2D eigenvalue weighted by molar-refractivity contribution is 7.99. The van der Waals surface area contributed by atoms with Gasteiger partial charge >= 0.3 is 0 Å². The lowest BCUT2D eigenvalue weighted by Gasteiger charge is -2.43. The van der Waals surface area contributed by atoms with Crippen LogP contribution in [0.2, 0.25) is 0 Å². The fourth-order valence-corrected chi connectivity index (χ4v) is 7.92. The van der Waals surface area contributed by atoms with Crippen LogP contribution in [0.15, 0.2) is 58.1 Å². The summed E-state index contributed by atoms with van der Waals surface area (Å²) in [6.07, 6.45) is 7.28. The number of anilines is 4. The maximum Gasteiger partial charge on any atom is 0.125 e. The Morgan fingerprint density at radius 2 is 1.82 bits per heavy atom. The standard InChI is InChI=1S/C38H54N4OS/c1-11-25(5)39-29-18-32-28(22-38(9,10)41-36(32)34(19-29)44-13-3)23-42(26(6)33-15-14-16-43-33)30-17-27(12-2)35-31(20-30)24(4)21-37(7,8)40-35/h14-21,25-26,28,39-41H,11-13,22-23H2,1-10H3. The van der Waals surface area contributed by atoms with Gasteiger partial charge in [-0.2, -0.15) is 0 Å². The Morgan fingerprint density at radius 3 is 2.48 bits per heavy atom. The number of allylic oxidation sites excluding steroid dienone is 1. The van der Waals surface area contributed by atoms with E-state index in [0.717, 1.165) is 37.3 Å². The molecular formula is C38H54N4OS. The number of hydrogen-bond acceptors (Lipinski definition) is 6. The Morgan fingerprint density at radius 1 is 1.05 bits per heavy atom. The molecule has 2 aliphatic rings. The topological polar surface area (TPSA) is 52.5 Å². The summed E-state index contributed by atoms with van der Waals surface area (Å²) >= 11 is 1.94. The van der Waals surface area contributed by atoms with E-state index in [-0.39, 0.29) is 17.1 Å². The van der Waals surface area contributed by atoms with Crippen molar-refractivity contribution in [2.45, 2.75) is 122 Å². The van der Waals surface area contributed by atoms with Crippen molar-refractivity contribution in [3.05, 3.63) is 71.2 Å². The van der Waals surface area contributed by atoms with Gasteiger partial charge in [-0.3, -0.25) is 0 Å². The van der Waals surface area contributed by atoms with E-state index in [0.29, 0.717) is 12.0 Å². The van der Waals surface area contributed by atoms with Gasteiger partial charge in [0.05, 0.1) is 23.5 Å². The highest BCUT2D eigenvalue weighted by Crippen LogP contribution is 2.48. The first-order valence-electron chi connectivity index (χ1n) is 16.6. The minimum atomic E-state index is -0.0662. The molecule has 0 saturated heterocycles. The highest BCUT2D eigenvalue weighted by atomic mass is 32.2. The Bertz CT molecular complexity index is 1490. The molecule has 5 nitrogen and oxygen atoms in total. The number of fused-ring (bicyclic) bond motifs is 2. The summed E-state index contributed by atoms with van der Waals surface area (Å²) in [6, 6.07) is 14.3. The van der Waals surface area contributed by atoms with Crippen molar-refractivity contribution >= 4 is 40.1 Å². The predicted octanol–water partition coefficient (Wildman–Crippen LogP) is 10.7. The zero-order valence-electron chi connectivity index (χ0n) is 28.7. The molecule has 3 unspecified atom stereocenters. The molecular weight excluding hydrogens is 561 g/mol. The molecule has 3 N–H and O–H groups in total. The lowest BCUT2D eigenvalue weighted by molar-refractivity contribution is 0.410. The molecule has 6 heteroatoms. The van der Waals surface area contributed by atoms with E-state index in [1.807, 2.05) is 17.8 Å². The number of nitrogens with one attached hydrogen (secondary N) is 3. The second-order valence-corrected chi connectivity index (χ2v) is 15.4. The van der Waals surface area contributed by atoms with Crippen LogP contribution < -0.4 is 20.9 Å². The summed E-state index contributed by atoms with van der Waals surface area (Å²) in [5.74, 6) is 2.37. The molecule has 2 aromatic carbocycles. The molecule has 0 saturated carbocycles. The molecule has 0 radical (unpaired) electrons. The smallest absolute Gasteiger partial charge is 0.125 e. The molecule has 1 aromatic heterocycles. The summed E-state index contributed by atoms with van der Waals surface area (Å²) in [6.45, 7) is 23.7. The van der Waals surface area contributed by atoms with Gasteiger partial charge in [0.1, 0.15) is 5.76 Å². The first-order valence-corrected chi connectivity index (χ1v) is 17.6. The molecule has 0 amide bonds. The third-order valence-corrected chi connectivity index (χ3v) is 10.2. The monoisotopic (exact) mass is 614 g/mol. The fourth-order valence-electron chi connectivity index (χ4n) is 7.08. The van der Waals surface area contributed by atoms with Gasteiger partial charge in [-0.05, 0) is 127 Å². The van der Waals surface area contributed by atoms with Crippen LogP contribution in [0.25, 0.3) is 5.57 Å². The summed E-state index contributed by atoms with van der Waals surface area (Å²) in [5.41, 5.74) is 10.4. The molecule has 5 rings (SSSR count). The summed E-state index contributed by atoms with van der Waals surface area (Å²) in [7, 11) is 0. The molecule has 3 atom stereocenters. The number of aryl methyl sites for hydroxylation is 1. The second kappa shape index (κ2) is 12.8. The van der Waals surface area contributed by atoms with Gasteiger partial charge in [0.15, 0.2) is 0 Å². The van der Waals surface area contributed by atoms with E-state index in [4.69, 9.17) is 4.42 Å². The maximum atomic E-state index is 6.05. The molecule has 2 aliphatic heterocycles. The zero-order valence-corrected chi connectivity index (χ0v) is 29.5. The van der Waals surface area contributed by atoms with Crippen LogP contribution in [0, 0.1) is 0 Å². The van der Waals surface area contributed by atoms with Gasteiger partial charge in [0, 0.05) is 51.6 Å². The van der Waals surface area contributed by atoms with Crippen molar-refractivity contribution in [3.63, 3.8) is 0 Å². The lowest BCUT2D eigenvalue weighted by atomic mass is 9.80. The van der Waals surface area contributed by atoms with Crippen LogP contribution >= 0.6 is 11.8 Å². The van der Waals surface area contributed by atoms with Gasteiger partial charge in [-0.1, -0.05) is 26.8 Å². The minimum absolute atomic E-state index is 0.0226. The highest BCUT2D eigenvalue weighted by Gasteiger charge is 2.36. The number of furan rings is 1. The van der Waals surface area contributed by atoms with E-state index in [2.05, 4.69) is 126 Å². The SMILES string of the molecule is CCSc1cc(NC(C)CC)cc2c1NC(C)(C)CC2CN(c1cc(CC)c2c(c1)C(C)=CC(C)(C)N2)C(C)c1ccco1. The molecule has 0 bridgehead atoms. The van der Waals surface area contributed by atoms with Crippen molar-refractivity contribution < 1.29 is 4.42 Å². The molecule has 0 fully saturated rings. The van der Waals surface area contributed by atoms with Gasteiger partial charge in [-0.15, -0.1) is 11.8 Å². The molecule has 3 heterocycles. The third-order valence-electron chi connectivity index (χ3n) is 9.32. The van der Waals surface area contributed by atoms with Gasteiger partial charge < -0.3 is 25.3 Å². The number of thioether (sulfide) groups is 1. The van der Waals surface area contributed by atoms with Crippen LogP contribution in [0.4, 0.5) is 22.7 Å². The Hall–Kier alpha value is -2.99. The summed E-state index contributed by atoms with van der Waals surface area (Å²) in [5, 5.41) is 11.6. The summed E-state index contributed by atoms with van der Waals surface area (Å²) in [4.78, 5) is 3.94. The molecule has 238 valence electrons. The molecule has 3 aromatic rings. The maximum absolute atomic E-state index is 6.05. The zero-order chi connectivity index (χ0) is 31.8. The molecule has 0 aliphatic carbocycles. The number of hydrogen-bond donors (Lipinski definition) is 3. The predicted molar refractivity (Wildman–Crippen MR) is 193 cm³/mol.